The standard InChI is InChI=1S/C15H10BrClN4OS/c16-13-7-6-11(23-13)8-18-20-12-9-19-21(15(22)14(12)17)10-4-2-1-3-5-10/h1-9,20H/b18-8-. The van der Waals surface area contributed by atoms with E-state index >= 15 is 0 Å². The predicted molar refractivity (Wildman–Crippen MR) is 98.1 cm³/mol. The minimum Gasteiger partial charge on any atom is -0.275 e. The molecular weight excluding hydrogens is 400 g/mol. The Bertz CT molecular complexity index is 907. The normalized spacial score (nSPS) is 11.0. The van der Waals surface area contributed by atoms with E-state index < -0.39 is 5.56 Å². The topological polar surface area (TPSA) is 59.3 Å². The number of hydrogen-bond donors (Lipinski definition) is 1. The number of aromatic nitrogens is 2. The Morgan fingerprint density at radius 1 is 1.26 bits per heavy atom. The molecule has 5 nitrogen and oxygen atoms in total. The molecular formula is C15H10BrClN4OS. The number of rotatable bonds is 4. The first kappa shape index (κ1) is 15.9. The fraction of sp³-hybridized carbons (Fsp3) is 0. The van der Waals surface area contributed by atoms with Crippen LogP contribution in [0.2, 0.25) is 5.02 Å². The Balaban J connectivity index is 1.83. The molecule has 116 valence electrons. The Hall–Kier alpha value is -1.96. The lowest BCUT2D eigenvalue weighted by atomic mass is 10.3. The van der Waals surface area contributed by atoms with Gasteiger partial charge in [-0.15, -0.1) is 11.3 Å². The summed E-state index contributed by atoms with van der Waals surface area (Å²) < 4.78 is 2.26. The lowest BCUT2D eigenvalue weighted by Gasteiger charge is -2.07. The minimum atomic E-state index is -0.406. The Morgan fingerprint density at radius 2 is 2.04 bits per heavy atom. The smallest absolute Gasteiger partial charge is 0.275 e. The van der Waals surface area contributed by atoms with Crippen molar-refractivity contribution in [3.8, 4) is 5.69 Å². The van der Waals surface area contributed by atoms with Gasteiger partial charge in [0.1, 0.15) is 10.7 Å². The number of hydrogen-bond acceptors (Lipinski definition) is 5. The summed E-state index contributed by atoms with van der Waals surface area (Å²) >= 11 is 11.0. The van der Waals surface area contributed by atoms with Gasteiger partial charge in [0.2, 0.25) is 0 Å². The summed E-state index contributed by atoms with van der Waals surface area (Å²) in [6.45, 7) is 0. The van der Waals surface area contributed by atoms with Crippen molar-refractivity contribution in [3.05, 3.63) is 72.7 Å². The van der Waals surface area contributed by atoms with Gasteiger partial charge in [-0.1, -0.05) is 29.8 Å². The molecule has 0 amide bonds. The van der Waals surface area contributed by atoms with Gasteiger partial charge in [0, 0.05) is 4.88 Å². The number of nitrogens with zero attached hydrogens (tertiary/aromatic N) is 3. The van der Waals surface area contributed by atoms with Crippen LogP contribution in [0.25, 0.3) is 5.69 Å². The highest BCUT2D eigenvalue weighted by Crippen LogP contribution is 2.21. The average molecular weight is 410 g/mol. The predicted octanol–water partition coefficient (Wildman–Crippen LogP) is 4.16. The second kappa shape index (κ2) is 7.08. The number of anilines is 1. The van der Waals surface area contributed by atoms with Gasteiger partial charge >= 0.3 is 0 Å². The van der Waals surface area contributed by atoms with Crippen LogP contribution in [-0.2, 0) is 0 Å². The number of thiophene rings is 1. The van der Waals surface area contributed by atoms with Crippen molar-refractivity contribution >= 4 is 50.8 Å². The monoisotopic (exact) mass is 408 g/mol. The third-order valence-electron chi connectivity index (χ3n) is 2.89. The summed E-state index contributed by atoms with van der Waals surface area (Å²) in [6.07, 6.45) is 3.12. The van der Waals surface area contributed by atoms with Crippen LogP contribution in [0.1, 0.15) is 4.88 Å². The van der Waals surface area contributed by atoms with E-state index in [4.69, 9.17) is 11.6 Å². The largest absolute Gasteiger partial charge is 0.292 e. The van der Waals surface area contributed by atoms with Crippen molar-refractivity contribution in [2.45, 2.75) is 0 Å². The first-order valence-corrected chi connectivity index (χ1v) is 8.51. The molecule has 0 aliphatic heterocycles. The molecule has 0 fully saturated rings. The zero-order valence-corrected chi connectivity index (χ0v) is 14.8. The van der Waals surface area contributed by atoms with Crippen LogP contribution >= 0.6 is 38.9 Å². The Labute approximate surface area is 149 Å². The van der Waals surface area contributed by atoms with Crippen LogP contribution in [0.4, 0.5) is 5.69 Å². The van der Waals surface area contributed by atoms with E-state index in [1.807, 2.05) is 30.3 Å². The molecule has 1 N–H and O–H groups in total. The number of hydrazone groups is 1. The van der Waals surface area contributed by atoms with E-state index in [9.17, 15) is 4.79 Å². The molecule has 0 radical (unpaired) electrons. The van der Waals surface area contributed by atoms with Crippen molar-refractivity contribution in [1.82, 2.24) is 9.78 Å². The average Bonchev–Trinajstić information content (AvgIpc) is 2.98. The fourth-order valence-corrected chi connectivity index (χ4v) is 3.29. The van der Waals surface area contributed by atoms with E-state index in [1.165, 1.54) is 10.9 Å². The molecule has 0 unspecified atom stereocenters. The van der Waals surface area contributed by atoms with E-state index in [0.717, 1.165) is 8.66 Å². The van der Waals surface area contributed by atoms with Gasteiger partial charge in [-0.25, -0.2) is 0 Å². The van der Waals surface area contributed by atoms with Crippen molar-refractivity contribution in [2.24, 2.45) is 5.10 Å². The van der Waals surface area contributed by atoms with Crippen LogP contribution in [0.3, 0.4) is 0 Å². The first-order valence-electron chi connectivity index (χ1n) is 6.53. The van der Waals surface area contributed by atoms with Gasteiger partial charge in [0.05, 0.1) is 21.9 Å². The van der Waals surface area contributed by atoms with Crippen molar-refractivity contribution in [3.63, 3.8) is 0 Å². The molecule has 3 rings (SSSR count). The van der Waals surface area contributed by atoms with E-state index in [-0.39, 0.29) is 5.02 Å². The van der Waals surface area contributed by atoms with Gasteiger partial charge in [-0.2, -0.15) is 14.9 Å². The Kier molecular flexibility index (Phi) is 4.90. The highest BCUT2D eigenvalue weighted by Gasteiger charge is 2.09. The summed E-state index contributed by atoms with van der Waals surface area (Å²) in [5.41, 5.74) is 3.35. The maximum absolute atomic E-state index is 12.3. The lowest BCUT2D eigenvalue weighted by Crippen LogP contribution is -2.22. The molecule has 8 heteroatoms. The molecule has 2 heterocycles. The molecule has 0 aliphatic carbocycles. The van der Waals surface area contributed by atoms with Crippen LogP contribution in [-0.4, -0.2) is 16.0 Å². The fourth-order valence-electron chi connectivity index (χ4n) is 1.83. The summed E-state index contributed by atoms with van der Waals surface area (Å²) in [6, 6.07) is 12.9. The molecule has 23 heavy (non-hydrogen) atoms. The van der Waals surface area contributed by atoms with Crippen LogP contribution in [0, 0.1) is 0 Å². The number of nitrogens with one attached hydrogen (secondary N) is 1. The van der Waals surface area contributed by atoms with Crippen LogP contribution in [0.15, 0.2) is 62.3 Å². The summed E-state index contributed by atoms with van der Waals surface area (Å²) in [7, 11) is 0. The SMILES string of the molecule is O=c1c(Cl)c(N/N=C\c2ccc(Br)s2)cnn1-c1ccccc1. The van der Waals surface area contributed by atoms with Crippen molar-refractivity contribution in [1.29, 1.82) is 0 Å². The molecule has 0 atom stereocenters. The van der Waals surface area contributed by atoms with Gasteiger partial charge in [0.15, 0.2) is 0 Å². The molecule has 0 bridgehead atoms. The maximum atomic E-state index is 12.3. The summed E-state index contributed by atoms with van der Waals surface area (Å²) in [5, 5.41) is 8.22. The van der Waals surface area contributed by atoms with Crippen LogP contribution in [0.5, 0.6) is 0 Å². The Morgan fingerprint density at radius 3 is 2.74 bits per heavy atom. The zero-order chi connectivity index (χ0) is 16.2. The third-order valence-corrected chi connectivity index (χ3v) is 4.81. The van der Waals surface area contributed by atoms with Crippen molar-refractivity contribution < 1.29 is 0 Å². The van der Waals surface area contributed by atoms with Gasteiger partial charge in [0.25, 0.3) is 5.56 Å². The number of benzene rings is 1. The minimum absolute atomic E-state index is 0.0355. The highest BCUT2D eigenvalue weighted by atomic mass is 79.9. The van der Waals surface area contributed by atoms with Gasteiger partial charge in [-0.05, 0) is 40.2 Å². The molecule has 0 saturated heterocycles. The van der Waals surface area contributed by atoms with E-state index in [2.05, 4.69) is 31.6 Å². The summed E-state index contributed by atoms with van der Waals surface area (Å²) in [4.78, 5) is 13.3. The molecule has 0 spiro atoms. The molecule has 3 aromatic rings. The maximum Gasteiger partial charge on any atom is 0.292 e. The van der Waals surface area contributed by atoms with E-state index in [1.54, 1.807) is 29.7 Å². The zero-order valence-electron chi connectivity index (χ0n) is 11.6. The summed E-state index contributed by atoms with van der Waals surface area (Å²) in [5.74, 6) is 0. The van der Waals surface area contributed by atoms with Crippen molar-refractivity contribution in [2.75, 3.05) is 5.43 Å². The second-order valence-corrected chi connectivity index (χ2v) is 7.31. The molecule has 0 aliphatic rings. The lowest BCUT2D eigenvalue weighted by molar-refractivity contribution is 0.808. The van der Waals surface area contributed by atoms with Crippen LogP contribution < -0.4 is 11.0 Å². The quantitative estimate of drug-likeness (QED) is 0.520. The molecule has 1 aromatic carbocycles. The van der Waals surface area contributed by atoms with Gasteiger partial charge < -0.3 is 0 Å². The second-order valence-electron chi connectivity index (χ2n) is 4.44. The highest BCUT2D eigenvalue weighted by molar-refractivity contribution is 9.11. The first-order chi connectivity index (χ1) is 11.1. The number of halogens is 2. The van der Waals surface area contributed by atoms with Gasteiger partial charge in [-0.3, -0.25) is 10.2 Å². The van der Waals surface area contributed by atoms with E-state index in [0.29, 0.717) is 11.4 Å². The molecule has 0 saturated carbocycles. The number of para-hydroxylation sites is 1. The third kappa shape index (κ3) is 3.69. The molecule has 2 aromatic heterocycles.